The first-order valence-electron chi connectivity index (χ1n) is 11.1. The number of cyclic esters (lactones) is 1. The van der Waals surface area contributed by atoms with Crippen LogP contribution in [-0.4, -0.2) is 21.7 Å². The second kappa shape index (κ2) is 6.36. The van der Waals surface area contributed by atoms with E-state index in [9.17, 15) is 19.1 Å². The van der Waals surface area contributed by atoms with Crippen LogP contribution in [0.15, 0.2) is 21.9 Å². The van der Waals surface area contributed by atoms with Crippen LogP contribution in [0.2, 0.25) is 0 Å². The van der Waals surface area contributed by atoms with Crippen LogP contribution in [0.4, 0.5) is 4.39 Å². The molecular weight excluding hydrogens is 413 g/mol. The van der Waals surface area contributed by atoms with Crippen molar-refractivity contribution in [3.05, 3.63) is 66.8 Å². The van der Waals surface area contributed by atoms with Gasteiger partial charge in [0.15, 0.2) is 5.60 Å². The van der Waals surface area contributed by atoms with E-state index in [1.807, 2.05) is 0 Å². The van der Waals surface area contributed by atoms with E-state index in [1.165, 1.54) is 6.07 Å². The standard InChI is InChI=1S/C24H24FN3O4/c1-3-24(31)14-6-18-21-12(8-28(18)22(29)13(14)9-32-23(24)30)19-16(26)5-4-11-10(2)15(25)7-17(27-21)20(11)19/h6-7,12,16,21,31H,3-5,8-9,26H2,1-2H3/t12?,16-,21?,24-/m0/s1. The fourth-order valence-electron chi connectivity index (χ4n) is 6.05. The zero-order valence-corrected chi connectivity index (χ0v) is 17.9. The van der Waals surface area contributed by atoms with Crippen LogP contribution in [0, 0.1) is 18.7 Å². The Hall–Kier alpha value is -2.84. The lowest BCUT2D eigenvalue weighted by molar-refractivity contribution is -0.172. The summed E-state index contributed by atoms with van der Waals surface area (Å²) in [4.78, 5) is 30.7. The van der Waals surface area contributed by atoms with Crippen molar-refractivity contribution >= 4 is 11.5 Å². The van der Waals surface area contributed by atoms with Crippen LogP contribution in [0.25, 0.3) is 5.57 Å². The molecule has 0 radical (unpaired) electrons. The molecule has 4 heterocycles. The maximum absolute atomic E-state index is 14.7. The Morgan fingerprint density at radius 1 is 1.34 bits per heavy atom. The number of hydrogen-bond donors (Lipinski definition) is 2. The van der Waals surface area contributed by atoms with E-state index in [-0.39, 0.29) is 36.4 Å². The first-order valence-corrected chi connectivity index (χ1v) is 11.1. The highest BCUT2D eigenvalue weighted by atomic mass is 19.1. The van der Waals surface area contributed by atoms with Gasteiger partial charge in [-0.25, -0.2) is 9.18 Å². The third kappa shape index (κ3) is 2.29. The zero-order chi connectivity index (χ0) is 22.5. The first-order chi connectivity index (χ1) is 15.3. The maximum atomic E-state index is 14.7. The van der Waals surface area contributed by atoms with Gasteiger partial charge >= 0.3 is 5.97 Å². The lowest BCUT2D eigenvalue weighted by Crippen LogP contribution is -2.47. The average Bonchev–Trinajstić information content (AvgIpc) is 3.14. The van der Waals surface area contributed by atoms with Gasteiger partial charge in [-0.05, 0) is 55.0 Å². The second-order valence-electron chi connectivity index (χ2n) is 9.30. The van der Waals surface area contributed by atoms with Gasteiger partial charge in [-0.15, -0.1) is 0 Å². The normalized spacial score (nSPS) is 29.5. The molecular formula is C24H24FN3O4. The third-order valence-electron chi connectivity index (χ3n) is 7.84. The number of esters is 1. The number of hydrogen-bond acceptors (Lipinski definition) is 6. The van der Waals surface area contributed by atoms with Crippen molar-refractivity contribution in [3.8, 4) is 0 Å². The topological polar surface area (TPSA) is 107 Å². The first kappa shape index (κ1) is 19.8. The summed E-state index contributed by atoms with van der Waals surface area (Å²) in [5.41, 5.74) is 8.26. The van der Waals surface area contributed by atoms with E-state index < -0.39 is 17.6 Å². The van der Waals surface area contributed by atoms with Gasteiger partial charge in [-0.1, -0.05) is 6.92 Å². The number of halogens is 1. The molecule has 1 aromatic carbocycles. The predicted octanol–water partition coefficient (Wildman–Crippen LogP) is 0.379. The summed E-state index contributed by atoms with van der Waals surface area (Å²) in [6.07, 6.45) is 1.51. The SMILES string of the molecule is CC[C@@]1(O)C(=O)OCc2c1cc1n(c2=O)CC2C3=c4c(c(C)c(F)cc4=NC12)CC[C@@H]3N. The fourth-order valence-corrected chi connectivity index (χ4v) is 6.05. The number of benzene rings is 1. The molecule has 3 aliphatic heterocycles. The maximum Gasteiger partial charge on any atom is 0.343 e. The Morgan fingerprint density at radius 3 is 2.88 bits per heavy atom. The highest BCUT2D eigenvalue weighted by molar-refractivity contribution is 5.83. The Bertz CT molecular complexity index is 1410. The van der Waals surface area contributed by atoms with Crippen molar-refractivity contribution in [1.29, 1.82) is 0 Å². The third-order valence-corrected chi connectivity index (χ3v) is 7.84. The summed E-state index contributed by atoms with van der Waals surface area (Å²) in [6.45, 7) is 3.71. The van der Waals surface area contributed by atoms with Crippen LogP contribution >= 0.6 is 0 Å². The predicted molar refractivity (Wildman–Crippen MR) is 113 cm³/mol. The molecule has 0 fully saturated rings. The highest BCUT2D eigenvalue weighted by Crippen LogP contribution is 2.44. The van der Waals surface area contributed by atoms with E-state index in [4.69, 9.17) is 15.5 Å². The number of ether oxygens (including phenoxy) is 1. The molecule has 7 nitrogen and oxygen atoms in total. The van der Waals surface area contributed by atoms with Crippen LogP contribution in [0.5, 0.6) is 0 Å². The quantitative estimate of drug-likeness (QED) is 0.628. The van der Waals surface area contributed by atoms with Gasteiger partial charge in [0.1, 0.15) is 12.4 Å². The molecule has 3 N–H and O–H groups in total. The molecule has 166 valence electrons. The van der Waals surface area contributed by atoms with Crippen molar-refractivity contribution in [2.45, 2.75) is 63.9 Å². The molecule has 0 spiro atoms. The average molecular weight is 437 g/mol. The number of rotatable bonds is 1. The number of carbonyl (C=O) groups excluding carboxylic acids is 1. The highest BCUT2D eigenvalue weighted by Gasteiger charge is 2.48. The van der Waals surface area contributed by atoms with Crippen molar-refractivity contribution in [3.63, 3.8) is 0 Å². The molecule has 6 rings (SSSR count). The van der Waals surface area contributed by atoms with E-state index in [0.717, 1.165) is 22.8 Å². The molecule has 0 saturated carbocycles. The van der Waals surface area contributed by atoms with Crippen molar-refractivity contribution in [1.82, 2.24) is 4.57 Å². The summed E-state index contributed by atoms with van der Waals surface area (Å²) >= 11 is 0. The van der Waals surface area contributed by atoms with Gasteiger partial charge in [-0.2, -0.15) is 0 Å². The minimum absolute atomic E-state index is 0.0892. The number of fused-ring (bicyclic) bond motifs is 5. The Morgan fingerprint density at radius 2 is 2.12 bits per heavy atom. The molecule has 0 amide bonds. The van der Waals surface area contributed by atoms with Crippen LogP contribution in [0.1, 0.15) is 53.8 Å². The van der Waals surface area contributed by atoms with Crippen LogP contribution < -0.4 is 21.9 Å². The molecule has 32 heavy (non-hydrogen) atoms. The number of pyridine rings is 1. The zero-order valence-electron chi connectivity index (χ0n) is 17.9. The summed E-state index contributed by atoms with van der Waals surface area (Å²) in [7, 11) is 0. The van der Waals surface area contributed by atoms with Gasteiger partial charge in [0.05, 0.1) is 17.0 Å². The number of aliphatic hydroxyl groups is 1. The lowest BCUT2D eigenvalue weighted by Gasteiger charge is -2.33. The summed E-state index contributed by atoms with van der Waals surface area (Å²) in [5, 5.41) is 12.5. The minimum Gasteiger partial charge on any atom is -0.458 e. The lowest BCUT2D eigenvalue weighted by atomic mass is 9.77. The minimum atomic E-state index is -1.86. The largest absolute Gasteiger partial charge is 0.458 e. The summed E-state index contributed by atoms with van der Waals surface area (Å²) < 4.78 is 21.5. The number of nitrogens with zero attached hydrogens (tertiary/aromatic N) is 2. The van der Waals surface area contributed by atoms with E-state index in [0.29, 0.717) is 40.7 Å². The molecule has 4 aliphatic rings. The molecule has 8 heteroatoms. The monoisotopic (exact) mass is 437 g/mol. The van der Waals surface area contributed by atoms with E-state index in [1.54, 1.807) is 24.5 Å². The van der Waals surface area contributed by atoms with Crippen molar-refractivity contribution in [2.75, 3.05) is 0 Å². The molecule has 2 aromatic rings. The number of nitrogens with two attached hydrogens (primary N) is 1. The van der Waals surface area contributed by atoms with Gasteiger partial charge in [0, 0.05) is 35.0 Å². The van der Waals surface area contributed by atoms with Gasteiger partial charge in [0.2, 0.25) is 0 Å². The van der Waals surface area contributed by atoms with Crippen molar-refractivity contribution < 1.29 is 19.0 Å². The summed E-state index contributed by atoms with van der Waals surface area (Å²) in [6, 6.07) is 2.57. The number of aromatic nitrogens is 1. The Balaban J connectivity index is 1.64. The Kier molecular flexibility index (Phi) is 3.94. The van der Waals surface area contributed by atoms with Crippen LogP contribution in [-0.2, 0) is 34.7 Å². The molecule has 1 aliphatic carbocycles. The Labute approximate surface area is 183 Å². The van der Waals surface area contributed by atoms with Gasteiger partial charge < -0.3 is 20.1 Å². The van der Waals surface area contributed by atoms with Gasteiger partial charge in [-0.3, -0.25) is 9.79 Å². The van der Waals surface area contributed by atoms with E-state index in [2.05, 4.69) is 0 Å². The molecule has 4 atom stereocenters. The fraction of sp³-hybridized carbons (Fsp3) is 0.458. The molecule has 0 saturated heterocycles. The molecule has 1 aromatic heterocycles. The second-order valence-corrected chi connectivity index (χ2v) is 9.30. The summed E-state index contributed by atoms with van der Waals surface area (Å²) in [5.74, 6) is -1.16. The van der Waals surface area contributed by atoms with E-state index >= 15 is 0 Å². The van der Waals surface area contributed by atoms with Crippen molar-refractivity contribution in [2.24, 2.45) is 16.6 Å². The molecule has 2 unspecified atom stereocenters. The van der Waals surface area contributed by atoms with Crippen LogP contribution in [0.3, 0.4) is 0 Å². The smallest absolute Gasteiger partial charge is 0.343 e. The van der Waals surface area contributed by atoms with Gasteiger partial charge in [0.25, 0.3) is 5.56 Å². The number of carbonyl (C=O) groups is 1. The molecule has 0 bridgehead atoms.